The molecule has 1 aliphatic carbocycles. The van der Waals surface area contributed by atoms with E-state index >= 15 is 0 Å². The van der Waals surface area contributed by atoms with Crippen LogP contribution in [0.25, 0.3) is 6.08 Å². The molecule has 0 amide bonds. The number of fused-ring (bicyclic) bond motifs is 5. The number of hydrogen-bond donors (Lipinski definition) is 0. The lowest BCUT2D eigenvalue weighted by atomic mass is 9.64. The topological polar surface area (TPSA) is 63.7 Å². The summed E-state index contributed by atoms with van der Waals surface area (Å²) in [4.78, 5) is 43.9. The molecule has 1 fully saturated rings. The summed E-state index contributed by atoms with van der Waals surface area (Å²) in [6.45, 7) is 1.55. The third-order valence-corrected chi connectivity index (χ3v) is 7.60. The fraction of sp³-hybridized carbons (Fsp3) is 0.207. The lowest BCUT2D eigenvalue weighted by Crippen LogP contribution is -2.48. The Balaban J connectivity index is 1.66. The Morgan fingerprint density at radius 3 is 2.12 bits per heavy atom. The molecule has 3 aliphatic rings. The SMILES string of the molecule is COc1ccc([C@@H]2[C@@H](C(C)=O)N3c4ccccc4C=C[C@@H]3C23C(=O)c2ccccc2C3=O)cc1. The number of rotatable bonds is 3. The van der Waals surface area contributed by atoms with E-state index in [1.54, 1.807) is 38.3 Å². The summed E-state index contributed by atoms with van der Waals surface area (Å²) in [5.74, 6) is -0.479. The van der Waals surface area contributed by atoms with Crippen LogP contribution in [0.1, 0.15) is 44.7 Å². The maximum atomic E-state index is 14.3. The van der Waals surface area contributed by atoms with Gasteiger partial charge in [-0.1, -0.05) is 66.7 Å². The molecule has 2 heterocycles. The summed E-state index contributed by atoms with van der Waals surface area (Å²) in [5.41, 5.74) is 2.03. The zero-order valence-corrected chi connectivity index (χ0v) is 18.9. The van der Waals surface area contributed by atoms with Gasteiger partial charge in [0.05, 0.1) is 19.2 Å². The van der Waals surface area contributed by atoms with Crippen molar-refractivity contribution in [1.29, 1.82) is 0 Å². The standard InChI is InChI=1S/C29H23NO4/c1-17(31)26-25(19-11-14-20(34-2)15-12-19)29(27(32)21-8-4-5-9-22(21)28(29)33)24-16-13-18-7-3-6-10-23(18)30(24)26/h3-16,24-26H,1-2H3/t24-,25-,26-/m1/s1. The highest BCUT2D eigenvalue weighted by Crippen LogP contribution is 2.60. The quantitative estimate of drug-likeness (QED) is 0.542. The molecule has 1 spiro atoms. The molecule has 0 aromatic heterocycles. The lowest BCUT2D eigenvalue weighted by Gasteiger charge is -2.37. The van der Waals surface area contributed by atoms with Gasteiger partial charge in [-0.05, 0) is 36.2 Å². The molecule has 2 aliphatic heterocycles. The van der Waals surface area contributed by atoms with Crippen LogP contribution in [0.15, 0.2) is 78.9 Å². The number of anilines is 1. The summed E-state index contributed by atoms with van der Waals surface area (Å²) >= 11 is 0. The number of hydrogen-bond acceptors (Lipinski definition) is 5. The number of nitrogens with zero attached hydrogens (tertiary/aromatic N) is 1. The molecule has 3 aromatic rings. The smallest absolute Gasteiger partial charge is 0.180 e. The first-order valence-electron chi connectivity index (χ1n) is 11.4. The van der Waals surface area contributed by atoms with Crippen LogP contribution in [-0.4, -0.2) is 36.5 Å². The summed E-state index contributed by atoms with van der Waals surface area (Å²) in [5, 5.41) is 0. The molecule has 0 saturated carbocycles. The maximum absolute atomic E-state index is 14.3. The second-order valence-electron chi connectivity index (χ2n) is 9.15. The fourth-order valence-corrected chi connectivity index (χ4v) is 6.25. The molecule has 6 rings (SSSR count). The van der Waals surface area contributed by atoms with Crippen LogP contribution in [-0.2, 0) is 4.79 Å². The van der Waals surface area contributed by atoms with E-state index < -0.39 is 23.4 Å². The summed E-state index contributed by atoms with van der Waals surface area (Å²) < 4.78 is 5.33. The third kappa shape index (κ3) is 2.47. The van der Waals surface area contributed by atoms with E-state index in [2.05, 4.69) is 0 Å². The number of carbonyl (C=O) groups is 3. The average molecular weight is 450 g/mol. The Bertz CT molecular complexity index is 1350. The van der Waals surface area contributed by atoms with Crippen LogP contribution in [0.2, 0.25) is 0 Å². The van der Waals surface area contributed by atoms with Crippen LogP contribution in [0.3, 0.4) is 0 Å². The van der Waals surface area contributed by atoms with Gasteiger partial charge in [0, 0.05) is 22.7 Å². The van der Waals surface area contributed by atoms with Gasteiger partial charge in [-0.2, -0.15) is 0 Å². The molecular weight excluding hydrogens is 426 g/mol. The molecule has 3 atom stereocenters. The number of methoxy groups -OCH3 is 1. The predicted octanol–water partition coefficient (Wildman–Crippen LogP) is 4.72. The summed E-state index contributed by atoms with van der Waals surface area (Å²) in [7, 11) is 1.59. The van der Waals surface area contributed by atoms with Gasteiger partial charge in [0.1, 0.15) is 11.2 Å². The number of carbonyl (C=O) groups excluding carboxylic acids is 3. The van der Waals surface area contributed by atoms with E-state index in [0.29, 0.717) is 16.9 Å². The van der Waals surface area contributed by atoms with E-state index in [1.807, 2.05) is 65.6 Å². The van der Waals surface area contributed by atoms with Crippen molar-refractivity contribution in [1.82, 2.24) is 0 Å². The van der Waals surface area contributed by atoms with Crippen molar-refractivity contribution < 1.29 is 19.1 Å². The molecule has 3 aromatic carbocycles. The van der Waals surface area contributed by atoms with Gasteiger partial charge < -0.3 is 9.64 Å². The van der Waals surface area contributed by atoms with E-state index in [1.165, 1.54) is 0 Å². The molecule has 168 valence electrons. The monoisotopic (exact) mass is 449 g/mol. The van der Waals surface area contributed by atoms with Crippen molar-refractivity contribution in [3.05, 3.63) is 101 Å². The first kappa shape index (κ1) is 20.6. The van der Waals surface area contributed by atoms with Crippen molar-refractivity contribution >= 4 is 29.1 Å². The van der Waals surface area contributed by atoms with E-state index in [4.69, 9.17) is 4.74 Å². The van der Waals surface area contributed by atoms with Crippen molar-refractivity contribution in [2.24, 2.45) is 5.41 Å². The van der Waals surface area contributed by atoms with Crippen molar-refractivity contribution in [2.45, 2.75) is 24.9 Å². The van der Waals surface area contributed by atoms with Gasteiger partial charge in [0.15, 0.2) is 17.3 Å². The Morgan fingerprint density at radius 1 is 0.882 bits per heavy atom. The number of ether oxygens (including phenoxy) is 1. The largest absolute Gasteiger partial charge is 0.497 e. The minimum Gasteiger partial charge on any atom is -0.497 e. The molecule has 0 unspecified atom stereocenters. The molecule has 5 nitrogen and oxygen atoms in total. The summed E-state index contributed by atoms with van der Waals surface area (Å²) in [6, 6.07) is 21.0. The number of ketones is 3. The molecule has 0 N–H and O–H groups in total. The first-order chi connectivity index (χ1) is 16.5. The zero-order valence-electron chi connectivity index (χ0n) is 18.9. The number of para-hydroxylation sites is 1. The van der Waals surface area contributed by atoms with Crippen molar-refractivity contribution in [3.63, 3.8) is 0 Å². The van der Waals surface area contributed by atoms with Gasteiger partial charge >= 0.3 is 0 Å². The highest BCUT2D eigenvalue weighted by atomic mass is 16.5. The van der Waals surface area contributed by atoms with Gasteiger partial charge in [-0.15, -0.1) is 0 Å². The molecule has 34 heavy (non-hydrogen) atoms. The van der Waals surface area contributed by atoms with E-state index in [-0.39, 0.29) is 17.3 Å². The first-order valence-corrected chi connectivity index (χ1v) is 11.4. The van der Waals surface area contributed by atoms with Crippen LogP contribution in [0, 0.1) is 5.41 Å². The minimum absolute atomic E-state index is 0.0793. The second kappa shape index (κ2) is 7.26. The Kier molecular flexibility index (Phi) is 4.40. The maximum Gasteiger partial charge on any atom is 0.180 e. The Hall–Kier alpha value is -3.99. The highest BCUT2D eigenvalue weighted by Gasteiger charge is 2.71. The average Bonchev–Trinajstić information content (AvgIpc) is 3.31. The normalized spacial score (nSPS) is 23.6. The van der Waals surface area contributed by atoms with Gasteiger partial charge in [0.25, 0.3) is 0 Å². The van der Waals surface area contributed by atoms with Gasteiger partial charge in [-0.3, -0.25) is 14.4 Å². The van der Waals surface area contributed by atoms with Crippen LogP contribution in [0.4, 0.5) is 5.69 Å². The number of benzene rings is 3. The summed E-state index contributed by atoms with van der Waals surface area (Å²) in [6.07, 6.45) is 3.90. The molecule has 1 saturated heterocycles. The van der Waals surface area contributed by atoms with Gasteiger partial charge in [-0.25, -0.2) is 0 Å². The second-order valence-corrected chi connectivity index (χ2v) is 9.15. The van der Waals surface area contributed by atoms with Crippen LogP contribution in [0.5, 0.6) is 5.75 Å². The molecule has 5 heteroatoms. The zero-order chi connectivity index (χ0) is 23.6. The van der Waals surface area contributed by atoms with Crippen molar-refractivity contribution in [3.8, 4) is 5.75 Å². The lowest BCUT2D eigenvalue weighted by molar-refractivity contribution is -0.118. The highest BCUT2D eigenvalue weighted by molar-refractivity contribution is 6.32. The fourth-order valence-electron chi connectivity index (χ4n) is 6.25. The Morgan fingerprint density at radius 2 is 1.50 bits per heavy atom. The third-order valence-electron chi connectivity index (χ3n) is 7.60. The van der Waals surface area contributed by atoms with Crippen LogP contribution < -0.4 is 9.64 Å². The predicted molar refractivity (Wildman–Crippen MR) is 129 cm³/mol. The van der Waals surface area contributed by atoms with Crippen LogP contribution >= 0.6 is 0 Å². The van der Waals surface area contributed by atoms with Gasteiger partial charge in [0.2, 0.25) is 0 Å². The van der Waals surface area contributed by atoms with E-state index in [9.17, 15) is 14.4 Å². The number of Topliss-reactive ketones (excluding diaryl/α,β-unsaturated/α-hetero) is 3. The molecular formula is C29H23NO4. The molecule has 0 bridgehead atoms. The minimum atomic E-state index is -1.43. The van der Waals surface area contributed by atoms with E-state index in [0.717, 1.165) is 16.8 Å². The molecule has 0 radical (unpaired) electrons. The van der Waals surface area contributed by atoms with Crippen molar-refractivity contribution in [2.75, 3.05) is 12.0 Å². The Labute approximate surface area is 197 Å².